The highest BCUT2D eigenvalue weighted by Crippen LogP contribution is 2.20. The lowest BCUT2D eigenvalue weighted by atomic mass is 10.1. The summed E-state index contributed by atoms with van der Waals surface area (Å²) >= 11 is 0. The number of carbonyl (C=O) groups is 1. The summed E-state index contributed by atoms with van der Waals surface area (Å²) in [6.07, 6.45) is 4.57. The zero-order chi connectivity index (χ0) is 21.1. The van der Waals surface area contributed by atoms with Crippen LogP contribution in [0.15, 0.2) is 66.0 Å². The number of nitrogens with one attached hydrogen (secondary N) is 1. The van der Waals surface area contributed by atoms with Crippen LogP contribution in [-0.4, -0.2) is 30.5 Å². The summed E-state index contributed by atoms with van der Waals surface area (Å²) in [4.78, 5) is 37.7. The van der Waals surface area contributed by atoms with Crippen LogP contribution in [0, 0.1) is 6.92 Å². The van der Waals surface area contributed by atoms with E-state index in [9.17, 15) is 14.7 Å². The van der Waals surface area contributed by atoms with Gasteiger partial charge in [-0.2, -0.15) is 0 Å². The highest BCUT2D eigenvalue weighted by atomic mass is 16.3. The second kappa shape index (κ2) is 8.12. The van der Waals surface area contributed by atoms with Crippen LogP contribution in [-0.2, 0) is 11.3 Å². The molecular formula is C22H19N5O3. The summed E-state index contributed by atoms with van der Waals surface area (Å²) in [7, 11) is 0. The van der Waals surface area contributed by atoms with Gasteiger partial charge in [-0.25, -0.2) is 15.0 Å². The second-order valence-electron chi connectivity index (χ2n) is 6.86. The third-order valence-electron chi connectivity index (χ3n) is 4.67. The normalized spacial score (nSPS) is 10.8. The Hall–Kier alpha value is -4.07. The molecule has 4 aromatic rings. The van der Waals surface area contributed by atoms with E-state index in [2.05, 4.69) is 20.3 Å². The highest BCUT2D eigenvalue weighted by Gasteiger charge is 2.09. The molecule has 8 nitrogen and oxygen atoms in total. The van der Waals surface area contributed by atoms with Crippen molar-refractivity contribution in [3.63, 3.8) is 0 Å². The number of phenols is 1. The van der Waals surface area contributed by atoms with Gasteiger partial charge >= 0.3 is 0 Å². The van der Waals surface area contributed by atoms with Gasteiger partial charge in [0, 0.05) is 18.5 Å². The molecule has 0 radical (unpaired) electrons. The third-order valence-corrected chi connectivity index (χ3v) is 4.67. The van der Waals surface area contributed by atoms with Crippen molar-refractivity contribution in [2.45, 2.75) is 19.9 Å². The number of amides is 1. The van der Waals surface area contributed by atoms with Gasteiger partial charge in [-0.1, -0.05) is 24.3 Å². The number of rotatable bonds is 5. The van der Waals surface area contributed by atoms with Gasteiger partial charge in [-0.3, -0.25) is 14.2 Å². The fourth-order valence-electron chi connectivity index (χ4n) is 3.13. The Morgan fingerprint density at radius 1 is 1.10 bits per heavy atom. The molecule has 0 saturated heterocycles. The number of benzene rings is 2. The average molecular weight is 401 g/mol. The first-order chi connectivity index (χ1) is 14.5. The highest BCUT2D eigenvalue weighted by molar-refractivity contribution is 5.90. The number of carbonyl (C=O) groups excluding carboxylic acids is 1. The number of aromatic nitrogens is 4. The lowest BCUT2D eigenvalue weighted by Gasteiger charge is -2.08. The largest absolute Gasteiger partial charge is 0.508 e. The lowest BCUT2D eigenvalue weighted by Crippen LogP contribution is -2.24. The van der Waals surface area contributed by atoms with Crippen molar-refractivity contribution in [2.75, 3.05) is 5.32 Å². The first kappa shape index (κ1) is 19.3. The summed E-state index contributed by atoms with van der Waals surface area (Å²) < 4.78 is 1.43. The number of aromatic hydroxyl groups is 1. The van der Waals surface area contributed by atoms with Gasteiger partial charge in [-0.05, 0) is 30.7 Å². The fraction of sp³-hybridized carbons (Fsp3) is 0.136. The zero-order valence-corrected chi connectivity index (χ0v) is 16.2. The van der Waals surface area contributed by atoms with Crippen molar-refractivity contribution < 1.29 is 9.90 Å². The van der Waals surface area contributed by atoms with Crippen molar-refractivity contribution in [3.8, 4) is 17.1 Å². The minimum absolute atomic E-state index is 0.104. The maximum absolute atomic E-state index is 12.6. The molecule has 2 aromatic carbocycles. The Morgan fingerprint density at radius 2 is 1.87 bits per heavy atom. The van der Waals surface area contributed by atoms with Gasteiger partial charge in [0.2, 0.25) is 5.91 Å². The van der Waals surface area contributed by atoms with E-state index in [-0.39, 0.29) is 30.2 Å². The molecule has 0 spiro atoms. The number of nitrogens with zero attached hydrogens (tertiary/aromatic N) is 4. The van der Waals surface area contributed by atoms with Crippen LogP contribution in [0.5, 0.6) is 5.75 Å². The van der Waals surface area contributed by atoms with Crippen molar-refractivity contribution in [2.24, 2.45) is 0 Å². The van der Waals surface area contributed by atoms with Gasteiger partial charge in [0.15, 0.2) is 5.82 Å². The maximum Gasteiger partial charge on any atom is 0.261 e. The molecule has 150 valence electrons. The van der Waals surface area contributed by atoms with Gasteiger partial charge in [0.1, 0.15) is 5.75 Å². The van der Waals surface area contributed by atoms with E-state index >= 15 is 0 Å². The third kappa shape index (κ3) is 4.02. The number of fused-ring (bicyclic) bond motifs is 1. The molecule has 0 unspecified atom stereocenters. The van der Waals surface area contributed by atoms with Gasteiger partial charge in [0.25, 0.3) is 5.56 Å². The van der Waals surface area contributed by atoms with E-state index in [1.54, 1.807) is 30.3 Å². The number of aryl methyl sites for hydroxylation is 2. The van der Waals surface area contributed by atoms with Crippen molar-refractivity contribution in [1.29, 1.82) is 0 Å². The minimum atomic E-state index is -0.264. The van der Waals surface area contributed by atoms with E-state index in [4.69, 9.17) is 0 Å². The van der Waals surface area contributed by atoms with E-state index in [0.29, 0.717) is 28.0 Å². The number of hydrogen-bond acceptors (Lipinski definition) is 6. The molecule has 8 heteroatoms. The zero-order valence-electron chi connectivity index (χ0n) is 16.2. The Morgan fingerprint density at radius 3 is 2.63 bits per heavy atom. The molecule has 0 atom stereocenters. The summed E-state index contributed by atoms with van der Waals surface area (Å²) in [6.45, 7) is 2.12. The minimum Gasteiger partial charge on any atom is -0.508 e. The lowest BCUT2D eigenvalue weighted by molar-refractivity contribution is -0.116. The smallest absolute Gasteiger partial charge is 0.261 e. The van der Waals surface area contributed by atoms with Crippen LogP contribution in [0.3, 0.4) is 0 Å². The van der Waals surface area contributed by atoms with E-state index in [1.807, 2.05) is 19.1 Å². The van der Waals surface area contributed by atoms with Gasteiger partial charge in [-0.15, -0.1) is 0 Å². The van der Waals surface area contributed by atoms with Gasteiger partial charge in [0.05, 0.1) is 35.3 Å². The number of hydrogen-bond donors (Lipinski definition) is 2. The summed E-state index contributed by atoms with van der Waals surface area (Å²) in [5, 5.41) is 12.8. The van der Waals surface area contributed by atoms with E-state index < -0.39 is 0 Å². The maximum atomic E-state index is 12.6. The molecule has 0 aliphatic heterocycles. The topological polar surface area (TPSA) is 110 Å². The Kier molecular flexibility index (Phi) is 5.21. The molecule has 2 N–H and O–H groups in total. The Labute approximate surface area is 171 Å². The molecule has 0 saturated carbocycles. The van der Waals surface area contributed by atoms with Crippen LogP contribution >= 0.6 is 0 Å². The molecule has 0 aliphatic rings. The molecule has 30 heavy (non-hydrogen) atoms. The van der Waals surface area contributed by atoms with Crippen molar-refractivity contribution in [1.82, 2.24) is 19.5 Å². The average Bonchev–Trinajstić information content (AvgIpc) is 2.74. The molecule has 2 heterocycles. The first-order valence-corrected chi connectivity index (χ1v) is 9.37. The molecule has 0 bridgehead atoms. The molecule has 0 aliphatic carbocycles. The SMILES string of the molecule is Cc1cccc2c(=O)n(CCC(=O)Nc3cnc(-c4cccc(O)c4)nc3)cnc12. The summed E-state index contributed by atoms with van der Waals surface area (Å²) in [5.41, 5.74) is 2.56. The van der Waals surface area contributed by atoms with Crippen LogP contribution in [0.25, 0.3) is 22.3 Å². The van der Waals surface area contributed by atoms with Crippen molar-refractivity contribution in [3.05, 3.63) is 77.1 Å². The van der Waals surface area contributed by atoms with Crippen LogP contribution < -0.4 is 10.9 Å². The van der Waals surface area contributed by atoms with Crippen LogP contribution in [0.2, 0.25) is 0 Å². The second-order valence-corrected chi connectivity index (χ2v) is 6.86. The first-order valence-electron chi connectivity index (χ1n) is 9.37. The van der Waals surface area contributed by atoms with Crippen molar-refractivity contribution >= 4 is 22.5 Å². The summed E-state index contributed by atoms with van der Waals surface area (Å²) in [5.74, 6) is 0.301. The van der Waals surface area contributed by atoms with Crippen LogP contribution in [0.4, 0.5) is 5.69 Å². The predicted octanol–water partition coefficient (Wildman–Crippen LogP) is 2.90. The Bertz CT molecular complexity index is 1280. The van der Waals surface area contributed by atoms with Gasteiger partial charge < -0.3 is 10.4 Å². The van der Waals surface area contributed by atoms with Crippen LogP contribution in [0.1, 0.15) is 12.0 Å². The standard InChI is InChI=1S/C22H19N5O3/c1-14-4-2-7-18-20(14)25-13-27(22(18)30)9-8-19(29)26-16-11-23-21(24-12-16)15-5-3-6-17(28)10-15/h2-7,10-13,28H,8-9H2,1H3,(H,26,29). The number of para-hydroxylation sites is 1. The molecule has 4 rings (SSSR count). The predicted molar refractivity (Wildman–Crippen MR) is 113 cm³/mol. The molecule has 2 aromatic heterocycles. The number of anilines is 1. The monoisotopic (exact) mass is 401 g/mol. The summed E-state index contributed by atoms with van der Waals surface area (Å²) in [6, 6.07) is 12.1. The molecule has 0 fully saturated rings. The quantitative estimate of drug-likeness (QED) is 0.532. The van der Waals surface area contributed by atoms with E-state index in [1.165, 1.54) is 23.3 Å². The molecule has 1 amide bonds. The van der Waals surface area contributed by atoms with E-state index in [0.717, 1.165) is 5.56 Å². The Balaban J connectivity index is 1.41. The fourth-order valence-corrected chi connectivity index (χ4v) is 3.13. The molecular weight excluding hydrogens is 382 g/mol. The number of phenolic OH excluding ortho intramolecular Hbond substituents is 1.